The van der Waals surface area contributed by atoms with E-state index in [4.69, 9.17) is 0 Å². The summed E-state index contributed by atoms with van der Waals surface area (Å²) in [6.07, 6.45) is 0. The number of nitrogens with zero attached hydrogens (tertiary/aromatic N) is 1. The molecular formula is C17H19N3O3. The normalized spacial score (nSPS) is 11.8. The van der Waals surface area contributed by atoms with E-state index in [-0.39, 0.29) is 17.6 Å². The number of carbonyl (C=O) groups excluding carboxylic acids is 1. The van der Waals surface area contributed by atoms with Gasteiger partial charge in [-0.3, -0.25) is 10.1 Å². The van der Waals surface area contributed by atoms with E-state index in [9.17, 15) is 14.9 Å². The first-order valence-corrected chi connectivity index (χ1v) is 7.34. The third-order valence-corrected chi connectivity index (χ3v) is 3.43. The Kier molecular flexibility index (Phi) is 5.30. The van der Waals surface area contributed by atoms with Gasteiger partial charge in [-0.2, -0.15) is 0 Å². The van der Waals surface area contributed by atoms with E-state index in [1.165, 1.54) is 18.2 Å². The summed E-state index contributed by atoms with van der Waals surface area (Å²) in [7, 11) is 0. The van der Waals surface area contributed by atoms with Crippen LogP contribution < -0.4 is 10.6 Å². The summed E-state index contributed by atoms with van der Waals surface area (Å²) in [5, 5.41) is 16.3. The highest BCUT2D eigenvalue weighted by Gasteiger charge is 2.18. The van der Waals surface area contributed by atoms with Gasteiger partial charge in [-0.1, -0.05) is 50.2 Å². The van der Waals surface area contributed by atoms with Crippen molar-refractivity contribution in [2.45, 2.75) is 19.9 Å². The average Bonchev–Trinajstić information content (AvgIpc) is 2.53. The van der Waals surface area contributed by atoms with E-state index in [0.29, 0.717) is 5.69 Å². The minimum atomic E-state index is -0.496. The largest absolute Gasteiger partial charge is 0.331 e. The molecule has 0 saturated carbocycles. The Hall–Kier alpha value is -2.89. The van der Waals surface area contributed by atoms with Crippen LogP contribution in [0, 0.1) is 16.0 Å². The highest BCUT2D eigenvalue weighted by molar-refractivity contribution is 5.89. The summed E-state index contributed by atoms with van der Waals surface area (Å²) in [5.74, 6) is 0.202. The van der Waals surface area contributed by atoms with Crippen molar-refractivity contribution in [3.63, 3.8) is 0 Å². The van der Waals surface area contributed by atoms with E-state index in [1.807, 2.05) is 44.2 Å². The molecule has 0 aliphatic rings. The first-order chi connectivity index (χ1) is 11.0. The molecule has 2 aromatic rings. The molecule has 6 nitrogen and oxygen atoms in total. The number of rotatable bonds is 5. The Balaban J connectivity index is 2.08. The van der Waals surface area contributed by atoms with Gasteiger partial charge in [0.1, 0.15) is 0 Å². The van der Waals surface area contributed by atoms with Gasteiger partial charge in [0.05, 0.1) is 11.0 Å². The molecule has 0 aliphatic heterocycles. The average molecular weight is 313 g/mol. The van der Waals surface area contributed by atoms with Crippen LogP contribution in [-0.4, -0.2) is 11.0 Å². The van der Waals surface area contributed by atoms with Crippen molar-refractivity contribution in [3.8, 4) is 0 Å². The van der Waals surface area contributed by atoms with E-state index in [2.05, 4.69) is 10.6 Å². The maximum atomic E-state index is 12.2. The van der Waals surface area contributed by atoms with Crippen molar-refractivity contribution in [2.24, 2.45) is 5.92 Å². The highest BCUT2D eigenvalue weighted by atomic mass is 16.6. The predicted octanol–water partition coefficient (Wildman–Crippen LogP) is 4.11. The minimum Gasteiger partial charge on any atom is -0.331 e. The Morgan fingerprint density at radius 1 is 1.09 bits per heavy atom. The number of anilines is 1. The van der Waals surface area contributed by atoms with Gasteiger partial charge in [-0.25, -0.2) is 4.79 Å². The van der Waals surface area contributed by atoms with Crippen LogP contribution in [0.4, 0.5) is 16.2 Å². The standard InChI is InChI=1S/C17H19N3O3/c1-12(2)16(13-7-4-3-5-8-13)19-17(21)18-14-9-6-10-15(11-14)20(22)23/h3-12,16H,1-2H3,(H2,18,19,21). The molecule has 0 radical (unpaired) electrons. The van der Waals surface area contributed by atoms with Gasteiger partial charge in [0.2, 0.25) is 0 Å². The molecule has 0 bridgehead atoms. The fourth-order valence-electron chi connectivity index (χ4n) is 2.30. The molecule has 2 rings (SSSR count). The van der Waals surface area contributed by atoms with Crippen molar-refractivity contribution in [1.82, 2.24) is 5.32 Å². The van der Waals surface area contributed by atoms with Crippen LogP contribution in [0.1, 0.15) is 25.5 Å². The van der Waals surface area contributed by atoms with Gasteiger partial charge in [0, 0.05) is 17.8 Å². The zero-order valence-electron chi connectivity index (χ0n) is 13.0. The molecule has 0 heterocycles. The summed E-state index contributed by atoms with van der Waals surface area (Å²) in [4.78, 5) is 22.5. The second-order valence-electron chi connectivity index (χ2n) is 5.54. The number of carbonyl (C=O) groups is 1. The first-order valence-electron chi connectivity index (χ1n) is 7.34. The quantitative estimate of drug-likeness (QED) is 0.643. The van der Waals surface area contributed by atoms with Crippen LogP contribution in [0.5, 0.6) is 0 Å². The summed E-state index contributed by atoms with van der Waals surface area (Å²) in [6, 6.07) is 15.0. The molecule has 120 valence electrons. The lowest BCUT2D eigenvalue weighted by atomic mass is 9.96. The number of urea groups is 1. The smallest absolute Gasteiger partial charge is 0.319 e. The molecule has 0 aliphatic carbocycles. The summed E-state index contributed by atoms with van der Waals surface area (Å²) < 4.78 is 0. The van der Waals surface area contributed by atoms with Crippen LogP contribution in [0.3, 0.4) is 0 Å². The molecule has 0 saturated heterocycles. The summed E-state index contributed by atoms with van der Waals surface area (Å²) >= 11 is 0. The molecule has 1 atom stereocenters. The second-order valence-corrected chi connectivity index (χ2v) is 5.54. The minimum absolute atomic E-state index is 0.0636. The van der Waals surface area contributed by atoms with Gasteiger partial charge >= 0.3 is 6.03 Å². The molecule has 2 N–H and O–H groups in total. The van der Waals surface area contributed by atoms with Crippen molar-refractivity contribution < 1.29 is 9.72 Å². The molecular weight excluding hydrogens is 294 g/mol. The molecule has 6 heteroatoms. The number of hydrogen-bond acceptors (Lipinski definition) is 3. The monoisotopic (exact) mass is 313 g/mol. The number of non-ortho nitro benzene ring substituents is 1. The molecule has 0 aromatic heterocycles. The molecule has 2 aromatic carbocycles. The molecule has 23 heavy (non-hydrogen) atoms. The van der Waals surface area contributed by atoms with Crippen molar-refractivity contribution in [1.29, 1.82) is 0 Å². The van der Waals surface area contributed by atoms with Crippen LogP contribution >= 0.6 is 0 Å². The number of benzene rings is 2. The van der Waals surface area contributed by atoms with Gasteiger partial charge in [0.15, 0.2) is 0 Å². The Morgan fingerprint density at radius 3 is 2.39 bits per heavy atom. The van der Waals surface area contributed by atoms with Crippen molar-refractivity contribution >= 4 is 17.4 Å². The number of nitrogens with one attached hydrogen (secondary N) is 2. The zero-order chi connectivity index (χ0) is 16.8. The highest BCUT2D eigenvalue weighted by Crippen LogP contribution is 2.22. The van der Waals surface area contributed by atoms with Gasteiger partial charge in [-0.15, -0.1) is 0 Å². The van der Waals surface area contributed by atoms with Gasteiger partial charge < -0.3 is 10.6 Å². The lowest BCUT2D eigenvalue weighted by molar-refractivity contribution is -0.384. The Bertz CT molecular complexity index is 686. The summed E-state index contributed by atoms with van der Waals surface area (Å²) in [5.41, 5.74) is 1.33. The second kappa shape index (κ2) is 7.40. The zero-order valence-corrected chi connectivity index (χ0v) is 13.0. The first kappa shape index (κ1) is 16.5. The Labute approximate surface area is 134 Å². The molecule has 0 spiro atoms. The fraction of sp³-hybridized carbons (Fsp3) is 0.235. The van der Waals surface area contributed by atoms with Gasteiger partial charge in [0.25, 0.3) is 5.69 Å². The van der Waals surface area contributed by atoms with Gasteiger partial charge in [-0.05, 0) is 17.5 Å². The summed E-state index contributed by atoms with van der Waals surface area (Å²) in [6.45, 7) is 4.04. The van der Waals surface area contributed by atoms with Crippen LogP contribution in [0.25, 0.3) is 0 Å². The number of amides is 2. The van der Waals surface area contributed by atoms with E-state index < -0.39 is 11.0 Å². The number of nitro benzene ring substituents is 1. The third-order valence-electron chi connectivity index (χ3n) is 3.43. The number of hydrogen-bond donors (Lipinski definition) is 2. The fourth-order valence-corrected chi connectivity index (χ4v) is 2.30. The van der Waals surface area contributed by atoms with Crippen LogP contribution in [0.15, 0.2) is 54.6 Å². The van der Waals surface area contributed by atoms with E-state index in [0.717, 1.165) is 5.56 Å². The van der Waals surface area contributed by atoms with Crippen LogP contribution in [0.2, 0.25) is 0 Å². The molecule has 1 unspecified atom stereocenters. The van der Waals surface area contributed by atoms with Crippen molar-refractivity contribution in [3.05, 3.63) is 70.3 Å². The topological polar surface area (TPSA) is 84.3 Å². The SMILES string of the molecule is CC(C)C(NC(=O)Nc1cccc([N+](=O)[O-])c1)c1ccccc1. The predicted molar refractivity (Wildman–Crippen MR) is 89.3 cm³/mol. The molecule has 0 fully saturated rings. The third kappa shape index (κ3) is 4.54. The van der Waals surface area contributed by atoms with E-state index >= 15 is 0 Å². The van der Waals surface area contributed by atoms with Crippen molar-refractivity contribution in [2.75, 3.05) is 5.32 Å². The molecule has 2 amide bonds. The lowest BCUT2D eigenvalue weighted by Gasteiger charge is -2.23. The number of nitro groups is 1. The Morgan fingerprint density at radius 2 is 1.78 bits per heavy atom. The maximum absolute atomic E-state index is 12.2. The maximum Gasteiger partial charge on any atom is 0.319 e. The van der Waals surface area contributed by atoms with E-state index in [1.54, 1.807) is 6.07 Å². The van der Waals surface area contributed by atoms with Crippen LogP contribution in [-0.2, 0) is 0 Å². The lowest BCUT2D eigenvalue weighted by Crippen LogP contribution is -2.35.